The minimum absolute atomic E-state index is 0. The van der Waals surface area contributed by atoms with Crippen LogP contribution in [-0.2, 0) is 16.1 Å². The second-order valence-electron chi connectivity index (χ2n) is 6.39. The van der Waals surface area contributed by atoms with Gasteiger partial charge in [-0.05, 0) is 35.7 Å². The van der Waals surface area contributed by atoms with Crippen LogP contribution in [0.15, 0.2) is 47.1 Å². The van der Waals surface area contributed by atoms with Crippen molar-refractivity contribution in [3.05, 3.63) is 54.0 Å². The van der Waals surface area contributed by atoms with Crippen LogP contribution in [-0.4, -0.2) is 30.3 Å². The first-order chi connectivity index (χ1) is 12.9. The molecule has 0 saturated heterocycles. The molecule has 9 heteroatoms. The SMILES string of the molecule is CC(C)[C@H](N)C(=O)NCC(=O)NCc1ccc(NC(=O)c2ccco2)cc1.Cl. The molecule has 28 heavy (non-hydrogen) atoms. The molecule has 1 atom stereocenters. The molecule has 1 heterocycles. The number of nitrogens with one attached hydrogen (secondary N) is 3. The molecule has 0 radical (unpaired) electrons. The van der Waals surface area contributed by atoms with Crippen molar-refractivity contribution in [2.24, 2.45) is 11.7 Å². The highest BCUT2D eigenvalue weighted by Crippen LogP contribution is 2.11. The first-order valence-corrected chi connectivity index (χ1v) is 8.60. The van der Waals surface area contributed by atoms with Crippen LogP contribution >= 0.6 is 12.4 Å². The number of amides is 3. The lowest BCUT2D eigenvalue weighted by Crippen LogP contribution is -2.47. The number of benzene rings is 1. The van der Waals surface area contributed by atoms with Crippen LogP contribution < -0.4 is 21.7 Å². The van der Waals surface area contributed by atoms with Crippen molar-refractivity contribution in [3.8, 4) is 0 Å². The second kappa shape index (κ2) is 11.1. The number of carbonyl (C=O) groups excluding carboxylic acids is 3. The summed E-state index contributed by atoms with van der Waals surface area (Å²) in [5.41, 5.74) is 7.18. The Morgan fingerprint density at radius 2 is 1.75 bits per heavy atom. The number of anilines is 1. The van der Waals surface area contributed by atoms with Crippen LogP contribution in [0.25, 0.3) is 0 Å². The number of carbonyl (C=O) groups is 3. The van der Waals surface area contributed by atoms with Gasteiger partial charge in [0.1, 0.15) is 0 Å². The van der Waals surface area contributed by atoms with Crippen LogP contribution in [0.4, 0.5) is 5.69 Å². The van der Waals surface area contributed by atoms with E-state index in [1.807, 2.05) is 13.8 Å². The molecule has 152 valence electrons. The van der Waals surface area contributed by atoms with Gasteiger partial charge in [-0.1, -0.05) is 26.0 Å². The fraction of sp³-hybridized carbons (Fsp3) is 0.316. The lowest BCUT2D eigenvalue weighted by atomic mass is 10.1. The minimum atomic E-state index is -0.637. The third kappa shape index (κ3) is 7.05. The van der Waals surface area contributed by atoms with Crippen molar-refractivity contribution in [2.75, 3.05) is 11.9 Å². The van der Waals surface area contributed by atoms with E-state index in [1.54, 1.807) is 36.4 Å². The molecular weight excluding hydrogens is 384 g/mol. The van der Waals surface area contributed by atoms with Crippen molar-refractivity contribution in [2.45, 2.75) is 26.4 Å². The molecule has 5 N–H and O–H groups in total. The van der Waals surface area contributed by atoms with Gasteiger partial charge in [-0.3, -0.25) is 14.4 Å². The van der Waals surface area contributed by atoms with E-state index in [0.29, 0.717) is 12.2 Å². The fourth-order valence-electron chi connectivity index (χ4n) is 2.16. The smallest absolute Gasteiger partial charge is 0.291 e. The molecule has 0 bridgehead atoms. The van der Waals surface area contributed by atoms with Gasteiger partial charge in [0.2, 0.25) is 11.8 Å². The standard InChI is InChI=1S/C19H24N4O4.ClH/c1-12(2)17(20)19(26)22-11-16(24)21-10-13-5-7-14(8-6-13)23-18(25)15-4-3-9-27-15;/h3-9,12,17H,10-11,20H2,1-2H3,(H,21,24)(H,22,26)(H,23,25);1H/t17-;/m0./s1. The monoisotopic (exact) mass is 408 g/mol. The Balaban J connectivity index is 0.00000392. The van der Waals surface area contributed by atoms with Gasteiger partial charge >= 0.3 is 0 Å². The number of rotatable bonds is 8. The summed E-state index contributed by atoms with van der Waals surface area (Å²) in [6.45, 7) is 3.85. The first kappa shape index (κ1) is 23.2. The summed E-state index contributed by atoms with van der Waals surface area (Å²) < 4.78 is 5.03. The lowest BCUT2D eigenvalue weighted by Gasteiger charge is -2.15. The molecule has 2 aromatic rings. The molecule has 0 aliphatic heterocycles. The van der Waals surface area contributed by atoms with E-state index in [1.165, 1.54) is 6.26 Å². The lowest BCUT2D eigenvalue weighted by molar-refractivity contribution is -0.127. The third-order valence-corrected chi connectivity index (χ3v) is 3.89. The Morgan fingerprint density at radius 3 is 2.32 bits per heavy atom. The molecule has 0 aliphatic carbocycles. The maximum atomic E-state index is 11.9. The Kier molecular flexibility index (Phi) is 9.20. The van der Waals surface area contributed by atoms with Crippen molar-refractivity contribution >= 4 is 35.8 Å². The molecule has 2 rings (SSSR count). The predicted octanol–water partition coefficient (Wildman–Crippen LogP) is 1.67. The third-order valence-electron chi connectivity index (χ3n) is 3.89. The molecule has 1 aromatic heterocycles. The van der Waals surface area contributed by atoms with Gasteiger partial charge in [-0.25, -0.2) is 0 Å². The summed E-state index contributed by atoms with van der Waals surface area (Å²) in [5.74, 6) is -0.770. The van der Waals surface area contributed by atoms with Gasteiger partial charge in [0.25, 0.3) is 5.91 Å². The highest BCUT2D eigenvalue weighted by atomic mass is 35.5. The molecule has 3 amide bonds. The van der Waals surface area contributed by atoms with Gasteiger partial charge in [0, 0.05) is 12.2 Å². The topological polar surface area (TPSA) is 126 Å². The zero-order valence-corrected chi connectivity index (χ0v) is 16.5. The van der Waals surface area contributed by atoms with E-state index < -0.39 is 6.04 Å². The molecule has 0 saturated carbocycles. The molecule has 8 nitrogen and oxygen atoms in total. The predicted molar refractivity (Wildman–Crippen MR) is 108 cm³/mol. The Morgan fingerprint density at radius 1 is 1.07 bits per heavy atom. The van der Waals surface area contributed by atoms with E-state index >= 15 is 0 Å². The molecule has 0 aliphatic rings. The highest BCUT2D eigenvalue weighted by molar-refractivity contribution is 6.02. The van der Waals surface area contributed by atoms with Gasteiger partial charge < -0.3 is 26.1 Å². The van der Waals surface area contributed by atoms with Crippen LogP contribution in [0.5, 0.6) is 0 Å². The average Bonchev–Trinajstić information content (AvgIpc) is 3.19. The van der Waals surface area contributed by atoms with Crippen molar-refractivity contribution in [3.63, 3.8) is 0 Å². The fourth-order valence-corrected chi connectivity index (χ4v) is 2.16. The van der Waals surface area contributed by atoms with Crippen molar-refractivity contribution in [1.29, 1.82) is 0 Å². The molecule has 0 spiro atoms. The summed E-state index contributed by atoms with van der Waals surface area (Å²) in [6, 6.07) is 9.60. The Hall–Kier alpha value is -2.84. The number of hydrogen-bond donors (Lipinski definition) is 4. The van der Waals surface area contributed by atoms with E-state index in [-0.39, 0.29) is 48.4 Å². The zero-order chi connectivity index (χ0) is 19.8. The zero-order valence-electron chi connectivity index (χ0n) is 15.7. The maximum Gasteiger partial charge on any atom is 0.291 e. The maximum absolute atomic E-state index is 11.9. The molecular formula is C19H25ClN4O4. The number of nitrogens with two attached hydrogens (primary N) is 1. The summed E-state index contributed by atoms with van der Waals surface area (Å²) in [6.07, 6.45) is 1.43. The van der Waals surface area contributed by atoms with Crippen LogP contribution in [0.1, 0.15) is 30.0 Å². The van der Waals surface area contributed by atoms with Gasteiger partial charge in [-0.2, -0.15) is 0 Å². The van der Waals surface area contributed by atoms with Crippen molar-refractivity contribution in [1.82, 2.24) is 10.6 Å². The highest BCUT2D eigenvalue weighted by Gasteiger charge is 2.17. The molecule has 0 unspecified atom stereocenters. The number of halogens is 1. The van der Waals surface area contributed by atoms with Gasteiger partial charge in [0.15, 0.2) is 5.76 Å². The number of hydrogen-bond acceptors (Lipinski definition) is 5. The normalized spacial score (nSPS) is 11.3. The summed E-state index contributed by atoms with van der Waals surface area (Å²) in [4.78, 5) is 35.4. The minimum Gasteiger partial charge on any atom is -0.459 e. The van der Waals surface area contributed by atoms with Gasteiger partial charge in [0.05, 0.1) is 18.8 Å². The molecule has 0 fully saturated rings. The second-order valence-corrected chi connectivity index (χ2v) is 6.39. The van der Waals surface area contributed by atoms with E-state index in [4.69, 9.17) is 10.2 Å². The van der Waals surface area contributed by atoms with E-state index in [9.17, 15) is 14.4 Å². The van der Waals surface area contributed by atoms with Crippen LogP contribution in [0, 0.1) is 5.92 Å². The Bertz CT molecular complexity index is 776. The van der Waals surface area contributed by atoms with Crippen LogP contribution in [0.3, 0.4) is 0 Å². The van der Waals surface area contributed by atoms with E-state index in [0.717, 1.165) is 5.56 Å². The quantitative estimate of drug-likeness (QED) is 0.528. The number of furan rings is 1. The van der Waals surface area contributed by atoms with Crippen molar-refractivity contribution < 1.29 is 18.8 Å². The van der Waals surface area contributed by atoms with Gasteiger partial charge in [-0.15, -0.1) is 12.4 Å². The summed E-state index contributed by atoms with van der Waals surface area (Å²) >= 11 is 0. The van der Waals surface area contributed by atoms with E-state index in [2.05, 4.69) is 16.0 Å². The largest absolute Gasteiger partial charge is 0.459 e. The Labute approximate surface area is 169 Å². The first-order valence-electron chi connectivity index (χ1n) is 8.60. The average molecular weight is 409 g/mol. The summed E-state index contributed by atoms with van der Waals surface area (Å²) in [7, 11) is 0. The summed E-state index contributed by atoms with van der Waals surface area (Å²) in [5, 5.41) is 7.93. The van der Waals surface area contributed by atoms with Crippen LogP contribution in [0.2, 0.25) is 0 Å². The molecule has 1 aromatic carbocycles.